The lowest BCUT2D eigenvalue weighted by atomic mass is 10.1. The van der Waals surface area contributed by atoms with Crippen molar-refractivity contribution < 1.29 is 9.50 Å². The average molecular weight is 349 g/mol. The second-order valence-corrected chi connectivity index (χ2v) is 5.49. The van der Waals surface area contributed by atoms with E-state index in [1.165, 1.54) is 23.5 Å². The van der Waals surface area contributed by atoms with E-state index >= 15 is 0 Å². The van der Waals surface area contributed by atoms with Crippen molar-refractivity contribution in [2.75, 3.05) is 0 Å². The van der Waals surface area contributed by atoms with Crippen LogP contribution in [0.4, 0.5) is 4.39 Å². The molecule has 2 rings (SSSR count). The Morgan fingerprint density at radius 1 is 1.50 bits per heavy atom. The van der Waals surface area contributed by atoms with E-state index in [4.69, 9.17) is 0 Å². The van der Waals surface area contributed by atoms with Crippen LogP contribution in [0.5, 0.6) is 0 Å². The second kappa shape index (κ2) is 5.20. The Morgan fingerprint density at radius 3 is 2.94 bits per heavy atom. The number of aromatic nitrogens is 1. The molecule has 84 valence electrons. The third kappa shape index (κ3) is 2.78. The minimum atomic E-state index is -0.604. The van der Waals surface area contributed by atoms with Gasteiger partial charge in [0, 0.05) is 21.1 Å². The van der Waals surface area contributed by atoms with Crippen molar-refractivity contribution in [3.05, 3.63) is 49.7 Å². The number of thiazole rings is 1. The Balaban J connectivity index is 2.17. The molecule has 0 aliphatic carbocycles. The molecule has 2 aromatic rings. The van der Waals surface area contributed by atoms with Crippen molar-refractivity contribution >= 4 is 33.9 Å². The molecular weight excluding hydrogens is 340 g/mol. The third-order valence-electron chi connectivity index (χ3n) is 2.20. The highest BCUT2D eigenvalue weighted by Gasteiger charge is 2.13. The maximum Gasteiger partial charge on any atom is 0.124 e. The molecule has 0 fully saturated rings. The molecule has 16 heavy (non-hydrogen) atoms. The van der Waals surface area contributed by atoms with Gasteiger partial charge in [-0.05, 0) is 40.3 Å². The normalized spacial score (nSPS) is 12.7. The molecular formula is C11H9FINOS. The SMILES string of the molecule is OC(Cc1cncs1)c1ccc(F)cc1I. The summed E-state index contributed by atoms with van der Waals surface area (Å²) in [4.78, 5) is 4.97. The lowest BCUT2D eigenvalue weighted by molar-refractivity contribution is 0.178. The summed E-state index contributed by atoms with van der Waals surface area (Å²) in [6.07, 6.45) is 1.66. The molecule has 5 heteroatoms. The molecule has 1 heterocycles. The summed E-state index contributed by atoms with van der Waals surface area (Å²) < 4.78 is 13.6. The molecule has 0 saturated carbocycles. The largest absolute Gasteiger partial charge is 0.388 e. The van der Waals surface area contributed by atoms with Gasteiger partial charge in [0.2, 0.25) is 0 Å². The van der Waals surface area contributed by atoms with Crippen LogP contribution in [0, 0.1) is 9.39 Å². The van der Waals surface area contributed by atoms with Crippen LogP contribution in [0.2, 0.25) is 0 Å². The Morgan fingerprint density at radius 2 is 2.31 bits per heavy atom. The summed E-state index contributed by atoms with van der Waals surface area (Å²) in [5, 5.41) is 10.0. The first-order valence-electron chi connectivity index (χ1n) is 4.67. The maximum atomic E-state index is 12.9. The fourth-order valence-electron chi connectivity index (χ4n) is 1.42. The van der Waals surface area contributed by atoms with Gasteiger partial charge in [0.25, 0.3) is 0 Å². The van der Waals surface area contributed by atoms with Crippen LogP contribution >= 0.6 is 33.9 Å². The number of hydrogen-bond donors (Lipinski definition) is 1. The van der Waals surface area contributed by atoms with Gasteiger partial charge in [0.15, 0.2) is 0 Å². The van der Waals surface area contributed by atoms with E-state index in [0.717, 1.165) is 14.0 Å². The molecule has 0 bridgehead atoms. The molecule has 1 atom stereocenters. The standard InChI is InChI=1S/C11H9FINOS/c12-7-1-2-9(10(13)3-7)11(15)4-8-5-14-6-16-8/h1-3,5-6,11,15H,4H2. The average Bonchev–Trinajstić information content (AvgIpc) is 2.70. The van der Waals surface area contributed by atoms with E-state index in [1.54, 1.807) is 17.8 Å². The molecule has 0 aliphatic rings. The molecule has 0 saturated heterocycles. The Labute approximate surface area is 110 Å². The predicted molar refractivity (Wildman–Crippen MR) is 69.9 cm³/mol. The van der Waals surface area contributed by atoms with E-state index in [0.29, 0.717) is 6.42 Å². The number of halogens is 2. The molecule has 0 amide bonds. The van der Waals surface area contributed by atoms with Crippen LogP contribution in [-0.2, 0) is 6.42 Å². The highest BCUT2D eigenvalue weighted by molar-refractivity contribution is 14.1. The van der Waals surface area contributed by atoms with E-state index in [9.17, 15) is 9.50 Å². The first-order valence-corrected chi connectivity index (χ1v) is 6.63. The van der Waals surface area contributed by atoms with Gasteiger partial charge >= 0.3 is 0 Å². The molecule has 0 radical (unpaired) electrons. The molecule has 0 aliphatic heterocycles. The molecule has 1 aromatic carbocycles. The number of nitrogens with zero attached hydrogens (tertiary/aromatic N) is 1. The van der Waals surface area contributed by atoms with Gasteiger partial charge < -0.3 is 5.11 Å². The van der Waals surface area contributed by atoms with Crippen molar-refractivity contribution in [2.24, 2.45) is 0 Å². The monoisotopic (exact) mass is 349 g/mol. The van der Waals surface area contributed by atoms with Crippen LogP contribution < -0.4 is 0 Å². The number of hydrogen-bond acceptors (Lipinski definition) is 3. The van der Waals surface area contributed by atoms with Crippen molar-refractivity contribution in [2.45, 2.75) is 12.5 Å². The first kappa shape index (κ1) is 11.9. The van der Waals surface area contributed by atoms with Crippen LogP contribution in [-0.4, -0.2) is 10.1 Å². The lowest BCUT2D eigenvalue weighted by Crippen LogP contribution is -2.03. The maximum absolute atomic E-state index is 12.9. The Kier molecular flexibility index (Phi) is 3.88. The third-order valence-corrected chi connectivity index (χ3v) is 3.94. The zero-order valence-electron chi connectivity index (χ0n) is 8.23. The number of aliphatic hydroxyl groups excluding tert-OH is 1. The summed E-state index contributed by atoms with van der Waals surface area (Å²) in [6, 6.07) is 4.42. The summed E-state index contributed by atoms with van der Waals surface area (Å²) in [5.41, 5.74) is 2.49. The summed E-state index contributed by atoms with van der Waals surface area (Å²) in [5.74, 6) is -0.279. The van der Waals surface area contributed by atoms with E-state index in [-0.39, 0.29) is 5.82 Å². The van der Waals surface area contributed by atoms with Crippen LogP contribution in [0.3, 0.4) is 0 Å². The molecule has 1 aromatic heterocycles. The van der Waals surface area contributed by atoms with Crippen LogP contribution in [0.25, 0.3) is 0 Å². The van der Waals surface area contributed by atoms with Crippen LogP contribution in [0.15, 0.2) is 29.9 Å². The number of benzene rings is 1. The molecule has 1 N–H and O–H groups in total. The van der Waals surface area contributed by atoms with Gasteiger partial charge in [-0.25, -0.2) is 4.39 Å². The van der Waals surface area contributed by atoms with Gasteiger partial charge in [-0.15, -0.1) is 11.3 Å². The van der Waals surface area contributed by atoms with Gasteiger partial charge in [-0.1, -0.05) is 6.07 Å². The van der Waals surface area contributed by atoms with Crippen molar-refractivity contribution in [3.63, 3.8) is 0 Å². The zero-order valence-corrected chi connectivity index (χ0v) is 11.2. The number of aliphatic hydroxyl groups is 1. The van der Waals surface area contributed by atoms with Crippen LogP contribution in [0.1, 0.15) is 16.5 Å². The van der Waals surface area contributed by atoms with E-state index in [1.807, 2.05) is 22.6 Å². The minimum Gasteiger partial charge on any atom is -0.388 e. The van der Waals surface area contributed by atoms with Gasteiger partial charge in [-0.2, -0.15) is 0 Å². The lowest BCUT2D eigenvalue weighted by Gasteiger charge is -2.11. The van der Waals surface area contributed by atoms with Gasteiger partial charge in [0.05, 0.1) is 11.6 Å². The second-order valence-electron chi connectivity index (χ2n) is 3.35. The van der Waals surface area contributed by atoms with E-state index in [2.05, 4.69) is 4.98 Å². The Bertz CT molecular complexity index is 475. The highest BCUT2D eigenvalue weighted by atomic mass is 127. The van der Waals surface area contributed by atoms with Gasteiger partial charge in [-0.3, -0.25) is 4.98 Å². The van der Waals surface area contributed by atoms with Crippen molar-refractivity contribution in [1.29, 1.82) is 0 Å². The molecule has 0 spiro atoms. The number of rotatable bonds is 3. The fourth-order valence-corrected chi connectivity index (χ4v) is 2.88. The summed E-state index contributed by atoms with van der Waals surface area (Å²) in [6.45, 7) is 0. The van der Waals surface area contributed by atoms with Crippen molar-refractivity contribution in [3.8, 4) is 0 Å². The fraction of sp³-hybridized carbons (Fsp3) is 0.182. The minimum absolute atomic E-state index is 0.279. The topological polar surface area (TPSA) is 33.1 Å². The van der Waals surface area contributed by atoms with Gasteiger partial charge in [0.1, 0.15) is 5.82 Å². The highest BCUT2D eigenvalue weighted by Crippen LogP contribution is 2.25. The predicted octanol–water partition coefficient (Wildman–Crippen LogP) is 3.16. The quantitative estimate of drug-likeness (QED) is 0.864. The first-order chi connectivity index (χ1) is 7.66. The van der Waals surface area contributed by atoms with E-state index < -0.39 is 6.10 Å². The molecule has 2 nitrogen and oxygen atoms in total. The summed E-state index contributed by atoms with van der Waals surface area (Å²) >= 11 is 3.54. The zero-order chi connectivity index (χ0) is 11.5. The van der Waals surface area contributed by atoms with Crippen molar-refractivity contribution in [1.82, 2.24) is 4.98 Å². The molecule has 1 unspecified atom stereocenters. The Hall–Kier alpha value is -0.530. The smallest absolute Gasteiger partial charge is 0.124 e. The summed E-state index contributed by atoms with van der Waals surface area (Å²) in [7, 11) is 0.